The van der Waals surface area contributed by atoms with Crippen LogP contribution in [-0.2, 0) is 0 Å². The summed E-state index contributed by atoms with van der Waals surface area (Å²) in [5, 5.41) is 3.36. The molecule has 2 rings (SSSR count). The van der Waals surface area contributed by atoms with Gasteiger partial charge in [-0.2, -0.15) is 0 Å². The molecule has 20 heavy (non-hydrogen) atoms. The number of nitrogens with zero attached hydrogens (tertiary/aromatic N) is 1. The Kier molecular flexibility index (Phi) is 10.4. The van der Waals surface area contributed by atoms with Crippen molar-refractivity contribution in [3.63, 3.8) is 0 Å². The quantitative estimate of drug-likeness (QED) is 0.875. The molecule has 1 aliphatic rings. The van der Waals surface area contributed by atoms with Gasteiger partial charge in [0.15, 0.2) is 0 Å². The van der Waals surface area contributed by atoms with Gasteiger partial charge in [0.25, 0.3) is 0 Å². The number of primary amides is 1. The van der Waals surface area contributed by atoms with Gasteiger partial charge in [0.1, 0.15) is 0 Å². The number of nitrogens with two attached hydrogens (primary N) is 1. The number of carbonyl (C=O) groups is 1. The van der Waals surface area contributed by atoms with Crippen LogP contribution < -0.4 is 16.0 Å². The number of hydrogen-bond acceptors (Lipinski definition) is 3. The fraction of sp³-hybridized carbons (Fsp3) is 0.562. The molecule has 0 radical (unpaired) electrons. The highest BCUT2D eigenvalue weighted by molar-refractivity contribution is 5.93. The van der Waals surface area contributed by atoms with Crippen LogP contribution in [-0.4, -0.2) is 32.1 Å². The van der Waals surface area contributed by atoms with Crippen molar-refractivity contribution in [2.45, 2.75) is 34.1 Å². The highest BCUT2D eigenvalue weighted by Gasteiger charge is 2.09. The van der Waals surface area contributed by atoms with Gasteiger partial charge in [-0.1, -0.05) is 27.7 Å². The molecule has 1 heterocycles. The molecule has 1 aromatic rings. The van der Waals surface area contributed by atoms with Crippen molar-refractivity contribution in [1.82, 2.24) is 5.32 Å². The summed E-state index contributed by atoms with van der Waals surface area (Å²) < 4.78 is 0. The third kappa shape index (κ3) is 6.06. The van der Waals surface area contributed by atoms with Crippen LogP contribution in [0.3, 0.4) is 0 Å². The van der Waals surface area contributed by atoms with Crippen LogP contribution in [0.1, 0.15) is 44.5 Å². The van der Waals surface area contributed by atoms with Crippen molar-refractivity contribution in [3.05, 3.63) is 29.8 Å². The molecule has 4 nitrogen and oxygen atoms in total. The summed E-state index contributed by atoms with van der Waals surface area (Å²) in [4.78, 5) is 13.3. The van der Waals surface area contributed by atoms with E-state index in [-0.39, 0.29) is 5.91 Å². The van der Waals surface area contributed by atoms with Crippen molar-refractivity contribution in [2.24, 2.45) is 5.73 Å². The normalized spacial score (nSPS) is 14.1. The fourth-order valence-corrected chi connectivity index (χ4v) is 1.94. The molecule has 0 aliphatic carbocycles. The molecule has 0 saturated carbocycles. The Morgan fingerprint density at radius 1 is 1.05 bits per heavy atom. The zero-order valence-electron chi connectivity index (χ0n) is 13.3. The lowest BCUT2D eigenvalue weighted by Gasteiger charge is -2.22. The van der Waals surface area contributed by atoms with Gasteiger partial charge in [0, 0.05) is 30.9 Å². The Hall–Kier alpha value is -1.55. The van der Waals surface area contributed by atoms with Crippen LogP contribution >= 0.6 is 0 Å². The molecule has 4 heteroatoms. The van der Waals surface area contributed by atoms with E-state index < -0.39 is 0 Å². The molecule has 1 amide bonds. The summed E-state index contributed by atoms with van der Waals surface area (Å²) in [6.07, 6.45) is 1.15. The van der Waals surface area contributed by atoms with Crippen LogP contribution in [0, 0.1) is 0 Å². The molecule has 0 unspecified atom stereocenters. The number of hydrogen-bond donors (Lipinski definition) is 2. The van der Waals surface area contributed by atoms with E-state index in [1.165, 1.54) is 0 Å². The second-order valence-corrected chi connectivity index (χ2v) is 4.00. The minimum atomic E-state index is -0.371. The second-order valence-electron chi connectivity index (χ2n) is 4.00. The molecule has 3 N–H and O–H groups in total. The largest absolute Gasteiger partial charge is 0.370 e. The smallest absolute Gasteiger partial charge is 0.248 e. The number of carbonyl (C=O) groups excluding carboxylic acids is 1. The number of amides is 1. The monoisotopic (exact) mass is 279 g/mol. The lowest BCUT2D eigenvalue weighted by atomic mass is 10.2. The molecular weight excluding hydrogens is 250 g/mol. The third-order valence-corrected chi connectivity index (χ3v) is 2.86. The van der Waals surface area contributed by atoms with Crippen molar-refractivity contribution < 1.29 is 4.79 Å². The summed E-state index contributed by atoms with van der Waals surface area (Å²) in [5.41, 5.74) is 6.93. The highest BCUT2D eigenvalue weighted by atomic mass is 16.1. The molecule has 0 aromatic heterocycles. The Morgan fingerprint density at radius 3 is 2.20 bits per heavy atom. The van der Waals surface area contributed by atoms with E-state index in [1.54, 1.807) is 12.1 Å². The minimum absolute atomic E-state index is 0.371. The van der Waals surface area contributed by atoms with E-state index in [1.807, 2.05) is 39.8 Å². The first-order valence-corrected chi connectivity index (χ1v) is 7.63. The number of benzene rings is 1. The minimum Gasteiger partial charge on any atom is -0.370 e. The van der Waals surface area contributed by atoms with Gasteiger partial charge in [-0.15, -0.1) is 0 Å². The average Bonchev–Trinajstić information content (AvgIpc) is 2.80. The standard InChI is InChI=1S/C12H17N3O.2C2H6/c13-12(16)10-2-4-11(5-3-10)15-8-1-6-14-7-9-15;2*1-2/h2-5,14H,1,6-9H2,(H2,13,16);2*1-2H3. The maximum atomic E-state index is 10.9. The molecule has 1 aromatic carbocycles. The van der Waals surface area contributed by atoms with Crippen LogP contribution in [0.5, 0.6) is 0 Å². The van der Waals surface area contributed by atoms with E-state index in [9.17, 15) is 4.79 Å². The average molecular weight is 279 g/mol. The van der Waals surface area contributed by atoms with Crippen molar-refractivity contribution >= 4 is 11.6 Å². The Bertz CT molecular complexity index is 354. The predicted molar refractivity (Wildman–Crippen MR) is 87.4 cm³/mol. The van der Waals surface area contributed by atoms with Crippen LogP contribution in [0.15, 0.2) is 24.3 Å². The van der Waals surface area contributed by atoms with Crippen LogP contribution in [0.2, 0.25) is 0 Å². The summed E-state index contributed by atoms with van der Waals surface area (Å²) in [5.74, 6) is -0.371. The summed E-state index contributed by atoms with van der Waals surface area (Å²) in [6, 6.07) is 7.50. The molecular formula is C16H29N3O. The molecule has 1 saturated heterocycles. The van der Waals surface area contributed by atoms with Gasteiger partial charge in [0.2, 0.25) is 5.91 Å². The maximum Gasteiger partial charge on any atom is 0.248 e. The van der Waals surface area contributed by atoms with E-state index in [2.05, 4.69) is 10.2 Å². The Labute approximate surface area is 123 Å². The molecule has 1 aliphatic heterocycles. The molecule has 0 bridgehead atoms. The molecule has 1 fully saturated rings. The number of nitrogens with one attached hydrogen (secondary N) is 1. The van der Waals surface area contributed by atoms with E-state index >= 15 is 0 Å². The zero-order chi connectivity index (χ0) is 15.4. The Morgan fingerprint density at radius 2 is 1.65 bits per heavy atom. The summed E-state index contributed by atoms with van der Waals surface area (Å²) >= 11 is 0. The first-order chi connectivity index (χ1) is 9.77. The topological polar surface area (TPSA) is 58.4 Å². The van der Waals surface area contributed by atoms with Crippen molar-refractivity contribution in [1.29, 1.82) is 0 Å². The third-order valence-electron chi connectivity index (χ3n) is 2.86. The number of anilines is 1. The Balaban J connectivity index is 0.000000829. The van der Waals surface area contributed by atoms with Gasteiger partial charge in [-0.05, 0) is 37.2 Å². The van der Waals surface area contributed by atoms with E-state index in [4.69, 9.17) is 5.73 Å². The number of rotatable bonds is 2. The van der Waals surface area contributed by atoms with Crippen LogP contribution in [0.25, 0.3) is 0 Å². The first-order valence-electron chi connectivity index (χ1n) is 7.63. The predicted octanol–water partition coefficient (Wildman–Crippen LogP) is 2.64. The van der Waals surface area contributed by atoms with Crippen molar-refractivity contribution in [3.8, 4) is 0 Å². The summed E-state index contributed by atoms with van der Waals surface area (Å²) in [6.45, 7) is 12.2. The highest BCUT2D eigenvalue weighted by Crippen LogP contribution is 2.15. The van der Waals surface area contributed by atoms with Gasteiger partial charge in [-0.3, -0.25) is 4.79 Å². The van der Waals surface area contributed by atoms with Crippen LogP contribution in [0.4, 0.5) is 5.69 Å². The van der Waals surface area contributed by atoms with Gasteiger partial charge < -0.3 is 16.0 Å². The lowest BCUT2D eigenvalue weighted by Crippen LogP contribution is -2.27. The van der Waals surface area contributed by atoms with E-state index in [0.29, 0.717) is 5.56 Å². The second kappa shape index (κ2) is 11.3. The molecule has 114 valence electrons. The lowest BCUT2D eigenvalue weighted by molar-refractivity contribution is 0.100. The fourth-order valence-electron chi connectivity index (χ4n) is 1.94. The SMILES string of the molecule is CC.CC.NC(=O)c1ccc(N2CCCNCC2)cc1. The van der Waals surface area contributed by atoms with Gasteiger partial charge >= 0.3 is 0 Å². The van der Waals surface area contributed by atoms with E-state index in [0.717, 1.165) is 38.3 Å². The maximum absolute atomic E-state index is 10.9. The summed E-state index contributed by atoms with van der Waals surface area (Å²) in [7, 11) is 0. The van der Waals surface area contributed by atoms with Gasteiger partial charge in [0.05, 0.1) is 0 Å². The first kappa shape index (κ1) is 18.4. The molecule has 0 atom stereocenters. The zero-order valence-corrected chi connectivity index (χ0v) is 13.3. The van der Waals surface area contributed by atoms with Crippen molar-refractivity contribution in [2.75, 3.05) is 31.1 Å². The van der Waals surface area contributed by atoms with Gasteiger partial charge in [-0.25, -0.2) is 0 Å². The molecule has 0 spiro atoms.